The summed E-state index contributed by atoms with van der Waals surface area (Å²) in [5, 5.41) is 9.69. The molecule has 1 aromatic rings. The van der Waals surface area contributed by atoms with Gasteiger partial charge in [-0.25, -0.2) is 0 Å². The summed E-state index contributed by atoms with van der Waals surface area (Å²) >= 11 is 0. The van der Waals surface area contributed by atoms with Crippen LogP contribution in [-0.4, -0.2) is 0 Å². The van der Waals surface area contributed by atoms with Crippen molar-refractivity contribution in [1.29, 1.82) is 5.26 Å². The number of unbranched alkanes of at least 4 members (excludes halogenated alkanes) is 8. The van der Waals surface area contributed by atoms with Gasteiger partial charge in [-0.3, -0.25) is 0 Å². The van der Waals surface area contributed by atoms with Crippen molar-refractivity contribution in [3.63, 3.8) is 0 Å². The van der Waals surface area contributed by atoms with E-state index in [0.29, 0.717) is 0 Å². The molecule has 0 aromatic heterocycles. The van der Waals surface area contributed by atoms with Crippen LogP contribution in [0.3, 0.4) is 0 Å². The lowest BCUT2D eigenvalue weighted by Crippen LogP contribution is -2.17. The van der Waals surface area contributed by atoms with Crippen molar-refractivity contribution >= 4 is 5.57 Å². The molecule has 1 unspecified atom stereocenters. The maximum Gasteiger partial charge on any atom is 0.0791 e. The Morgan fingerprint density at radius 1 is 0.920 bits per heavy atom. The minimum absolute atomic E-state index is 0.278. The number of nitriles is 1. The summed E-state index contributed by atoms with van der Waals surface area (Å²) in [6, 6.07) is 13.0. The van der Waals surface area contributed by atoms with Crippen molar-refractivity contribution in [2.24, 2.45) is 5.41 Å². The van der Waals surface area contributed by atoms with Crippen molar-refractivity contribution in [2.75, 3.05) is 0 Å². The molecular weight excluding hydrogens is 302 g/mol. The zero-order valence-electron chi connectivity index (χ0n) is 15.8. The molecule has 0 bridgehead atoms. The lowest BCUT2D eigenvalue weighted by molar-refractivity contribution is 0.431. The van der Waals surface area contributed by atoms with Gasteiger partial charge >= 0.3 is 0 Å². The van der Waals surface area contributed by atoms with E-state index in [1.807, 2.05) is 6.07 Å². The lowest BCUT2D eigenvalue weighted by atomic mass is 9.76. The van der Waals surface area contributed by atoms with Crippen LogP contribution in [0.15, 0.2) is 48.6 Å². The lowest BCUT2D eigenvalue weighted by Gasteiger charge is -2.25. The fourth-order valence-corrected chi connectivity index (χ4v) is 3.60. The van der Waals surface area contributed by atoms with Crippen LogP contribution in [0.25, 0.3) is 5.57 Å². The van der Waals surface area contributed by atoms with Crippen LogP contribution >= 0.6 is 0 Å². The second-order valence-corrected chi connectivity index (χ2v) is 7.41. The highest BCUT2D eigenvalue weighted by Gasteiger charge is 2.27. The van der Waals surface area contributed by atoms with E-state index < -0.39 is 0 Å². The highest BCUT2D eigenvalue weighted by Crippen LogP contribution is 2.37. The van der Waals surface area contributed by atoms with Crippen LogP contribution in [0, 0.1) is 16.7 Å². The smallest absolute Gasteiger partial charge is 0.0791 e. The molecule has 1 nitrogen and oxygen atoms in total. The van der Waals surface area contributed by atoms with Crippen molar-refractivity contribution in [2.45, 2.75) is 77.6 Å². The van der Waals surface area contributed by atoms with E-state index in [2.05, 4.69) is 55.5 Å². The minimum Gasteiger partial charge on any atom is -0.197 e. The molecule has 0 saturated heterocycles. The highest BCUT2D eigenvalue weighted by atomic mass is 14.4. The molecule has 0 radical (unpaired) electrons. The number of hydrogen-bond acceptors (Lipinski definition) is 1. The molecule has 0 N–H and O–H groups in total. The molecule has 0 fully saturated rings. The Labute approximate surface area is 154 Å². The highest BCUT2D eigenvalue weighted by molar-refractivity contribution is 5.75. The van der Waals surface area contributed by atoms with Crippen LogP contribution in [0.2, 0.25) is 0 Å². The number of benzene rings is 1. The van der Waals surface area contributed by atoms with E-state index in [1.54, 1.807) is 0 Å². The molecule has 1 atom stereocenters. The van der Waals surface area contributed by atoms with Gasteiger partial charge in [0, 0.05) is 0 Å². The molecule has 1 aliphatic carbocycles. The Bertz CT molecular complexity index is 590. The molecule has 0 amide bonds. The maximum atomic E-state index is 9.69. The molecule has 1 aliphatic rings. The van der Waals surface area contributed by atoms with Gasteiger partial charge in [0.1, 0.15) is 0 Å². The van der Waals surface area contributed by atoms with Gasteiger partial charge in [0.25, 0.3) is 0 Å². The summed E-state index contributed by atoms with van der Waals surface area (Å²) in [5.41, 5.74) is 2.21. The van der Waals surface area contributed by atoms with Gasteiger partial charge < -0.3 is 0 Å². The van der Waals surface area contributed by atoms with E-state index in [0.717, 1.165) is 12.8 Å². The third-order valence-electron chi connectivity index (χ3n) is 5.32. The standard InChI is InChI=1S/C24H33N/c1-2-3-4-5-6-7-8-9-13-18-24(21-25)19-16-23(17-20-24)22-14-11-10-12-15-22/h10-12,14-17,19H,2-9,13,18,20H2,1H3. The first-order valence-electron chi connectivity index (χ1n) is 10.2. The van der Waals surface area contributed by atoms with Crippen LogP contribution in [0.1, 0.15) is 83.1 Å². The zero-order valence-corrected chi connectivity index (χ0v) is 15.8. The van der Waals surface area contributed by atoms with Gasteiger partial charge in [-0.05, 0) is 24.0 Å². The van der Waals surface area contributed by atoms with Gasteiger partial charge in [0.05, 0.1) is 11.5 Å². The van der Waals surface area contributed by atoms with Gasteiger partial charge in [-0.2, -0.15) is 5.26 Å². The Kier molecular flexibility index (Phi) is 8.53. The Hall–Kier alpha value is -1.81. The van der Waals surface area contributed by atoms with E-state index in [1.165, 1.54) is 68.9 Å². The third-order valence-corrected chi connectivity index (χ3v) is 5.32. The summed E-state index contributed by atoms with van der Waals surface area (Å²) in [5.74, 6) is 0. The second-order valence-electron chi connectivity index (χ2n) is 7.41. The van der Waals surface area contributed by atoms with Crippen LogP contribution in [-0.2, 0) is 0 Å². The van der Waals surface area contributed by atoms with E-state index >= 15 is 0 Å². The van der Waals surface area contributed by atoms with E-state index in [-0.39, 0.29) is 5.41 Å². The normalized spacial score (nSPS) is 19.4. The molecule has 0 spiro atoms. The Morgan fingerprint density at radius 2 is 1.56 bits per heavy atom. The first-order valence-corrected chi connectivity index (χ1v) is 10.2. The van der Waals surface area contributed by atoms with Crippen molar-refractivity contribution in [1.82, 2.24) is 0 Å². The van der Waals surface area contributed by atoms with Gasteiger partial charge in [-0.1, -0.05) is 113 Å². The van der Waals surface area contributed by atoms with Gasteiger partial charge in [-0.15, -0.1) is 0 Å². The quantitative estimate of drug-likeness (QED) is 0.385. The number of hydrogen-bond donors (Lipinski definition) is 0. The van der Waals surface area contributed by atoms with Gasteiger partial charge in [0.15, 0.2) is 0 Å². The number of allylic oxidation sites excluding steroid dienone is 4. The van der Waals surface area contributed by atoms with Crippen molar-refractivity contribution in [3.8, 4) is 6.07 Å². The summed E-state index contributed by atoms with van der Waals surface area (Å²) in [7, 11) is 0. The SMILES string of the molecule is CCCCCCCCCCCC1(C#N)C=CC(c2ccccc2)=CC1. The Balaban J connectivity index is 1.68. The summed E-state index contributed by atoms with van der Waals surface area (Å²) in [4.78, 5) is 0. The fraction of sp³-hybridized carbons (Fsp3) is 0.542. The second kappa shape index (κ2) is 10.9. The molecule has 134 valence electrons. The number of rotatable bonds is 11. The average molecular weight is 336 g/mol. The third kappa shape index (κ3) is 6.54. The molecule has 1 heteroatoms. The molecule has 0 saturated carbocycles. The topological polar surface area (TPSA) is 23.8 Å². The first-order chi connectivity index (χ1) is 12.3. The molecule has 2 rings (SSSR count). The number of nitrogens with zero attached hydrogens (tertiary/aromatic N) is 1. The van der Waals surface area contributed by atoms with E-state index in [4.69, 9.17) is 0 Å². The molecular formula is C24H33N. The van der Waals surface area contributed by atoms with Crippen LogP contribution in [0.4, 0.5) is 0 Å². The summed E-state index contributed by atoms with van der Waals surface area (Å²) < 4.78 is 0. The van der Waals surface area contributed by atoms with Gasteiger partial charge in [0.2, 0.25) is 0 Å². The largest absolute Gasteiger partial charge is 0.197 e. The molecule has 25 heavy (non-hydrogen) atoms. The van der Waals surface area contributed by atoms with Crippen molar-refractivity contribution < 1.29 is 0 Å². The monoisotopic (exact) mass is 335 g/mol. The first kappa shape index (κ1) is 19.5. The predicted molar refractivity (Wildman–Crippen MR) is 108 cm³/mol. The molecule has 1 aromatic carbocycles. The molecule has 0 aliphatic heterocycles. The fourth-order valence-electron chi connectivity index (χ4n) is 3.60. The van der Waals surface area contributed by atoms with Crippen LogP contribution < -0.4 is 0 Å². The van der Waals surface area contributed by atoms with Crippen LogP contribution in [0.5, 0.6) is 0 Å². The van der Waals surface area contributed by atoms with E-state index in [9.17, 15) is 5.26 Å². The predicted octanol–water partition coefficient (Wildman–Crippen LogP) is 7.46. The zero-order chi connectivity index (χ0) is 17.8. The minimum atomic E-state index is -0.278. The van der Waals surface area contributed by atoms with Crippen molar-refractivity contribution in [3.05, 3.63) is 54.1 Å². The maximum absolute atomic E-state index is 9.69. The molecule has 0 heterocycles. The summed E-state index contributed by atoms with van der Waals surface area (Å²) in [6.07, 6.45) is 20.4. The summed E-state index contributed by atoms with van der Waals surface area (Å²) in [6.45, 7) is 2.27. The average Bonchev–Trinajstić information content (AvgIpc) is 2.68. The Morgan fingerprint density at radius 3 is 2.12 bits per heavy atom.